The molecule has 0 aliphatic heterocycles. The van der Waals surface area contributed by atoms with Gasteiger partial charge >= 0.3 is 0 Å². The number of methoxy groups -OCH3 is 2. The van der Waals surface area contributed by atoms with E-state index in [1.165, 1.54) is 0 Å². The van der Waals surface area contributed by atoms with E-state index in [-0.39, 0.29) is 0 Å². The summed E-state index contributed by atoms with van der Waals surface area (Å²) in [4.78, 5) is 0. The van der Waals surface area contributed by atoms with Gasteiger partial charge in [-0.1, -0.05) is 36.1 Å². The van der Waals surface area contributed by atoms with E-state index in [9.17, 15) is 0 Å². The highest BCUT2D eigenvalue weighted by atomic mass is 16.5. The second kappa shape index (κ2) is 7.03. The summed E-state index contributed by atoms with van der Waals surface area (Å²) in [7, 11) is 3.33. The number of hydrogen-bond donors (Lipinski definition) is 0. The largest absolute Gasteiger partial charge is 0.496 e. The Morgan fingerprint density at radius 1 is 0.607 bits per heavy atom. The van der Waals surface area contributed by atoms with Gasteiger partial charge in [-0.05, 0) is 57.9 Å². The van der Waals surface area contributed by atoms with Crippen LogP contribution in [0.25, 0.3) is 32.7 Å². The van der Waals surface area contributed by atoms with Gasteiger partial charge in [-0.25, -0.2) is 0 Å². The number of hydrogen-bond acceptors (Lipinski definition) is 2. The van der Waals surface area contributed by atoms with Crippen LogP contribution in [0.4, 0.5) is 0 Å². The normalized spacial score (nSPS) is 10.4. The highest BCUT2D eigenvalue weighted by Crippen LogP contribution is 2.45. The fourth-order valence-electron chi connectivity index (χ4n) is 3.63. The molecule has 0 heterocycles. The van der Waals surface area contributed by atoms with Crippen molar-refractivity contribution in [3.05, 3.63) is 71.8 Å². The average molecular weight is 362 g/mol. The third kappa shape index (κ3) is 2.73. The number of benzene rings is 4. The summed E-state index contributed by atoms with van der Waals surface area (Å²) in [6.07, 6.45) is 11.3. The van der Waals surface area contributed by atoms with E-state index in [0.717, 1.165) is 55.3 Å². The van der Waals surface area contributed by atoms with E-state index in [1.807, 2.05) is 60.7 Å². The highest BCUT2D eigenvalue weighted by molar-refractivity contribution is 6.10. The number of rotatable bonds is 3. The maximum Gasteiger partial charge on any atom is 0.127 e. The van der Waals surface area contributed by atoms with Crippen LogP contribution in [0.5, 0.6) is 11.5 Å². The van der Waals surface area contributed by atoms with E-state index in [2.05, 4.69) is 11.8 Å². The summed E-state index contributed by atoms with van der Waals surface area (Å²) in [6.45, 7) is 0. The molecule has 0 amide bonds. The number of ether oxygens (including phenoxy) is 2. The first kappa shape index (κ1) is 17.5. The minimum atomic E-state index is 0.749. The van der Waals surface area contributed by atoms with Crippen LogP contribution in [0, 0.1) is 24.7 Å². The molecule has 0 fully saturated rings. The molecule has 0 bridgehead atoms. The van der Waals surface area contributed by atoms with E-state index < -0.39 is 0 Å². The van der Waals surface area contributed by atoms with Crippen LogP contribution in [0.15, 0.2) is 60.7 Å². The van der Waals surface area contributed by atoms with Crippen molar-refractivity contribution in [3.63, 3.8) is 0 Å². The van der Waals surface area contributed by atoms with Crippen LogP contribution in [-0.4, -0.2) is 14.2 Å². The fraction of sp³-hybridized carbons (Fsp3) is 0.0769. The van der Waals surface area contributed by atoms with Gasteiger partial charge in [-0.3, -0.25) is 0 Å². The number of fused-ring (bicyclic) bond motifs is 2. The van der Waals surface area contributed by atoms with Gasteiger partial charge in [0.15, 0.2) is 0 Å². The quantitative estimate of drug-likeness (QED) is 0.439. The molecule has 0 spiro atoms. The zero-order valence-corrected chi connectivity index (χ0v) is 15.7. The molecular weight excluding hydrogens is 344 g/mol. The molecule has 0 atom stereocenters. The third-order valence-corrected chi connectivity index (χ3v) is 4.99. The molecule has 2 heteroatoms. The Bertz CT molecular complexity index is 1200. The van der Waals surface area contributed by atoms with Crippen LogP contribution >= 0.6 is 0 Å². The van der Waals surface area contributed by atoms with Gasteiger partial charge in [0.2, 0.25) is 0 Å². The molecule has 0 N–H and O–H groups in total. The molecule has 0 aliphatic carbocycles. The molecule has 28 heavy (non-hydrogen) atoms. The van der Waals surface area contributed by atoms with Gasteiger partial charge in [0.25, 0.3) is 0 Å². The van der Waals surface area contributed by atoms with Gasteiger partial charge in [-0.2, -0.15) is 0 Å². The molecule has 0 saturated carbocycles. The van der Waals surface area contributed by atoms with Crippen molar-refractivity contribution >= 4 is 21.5 Å². The van der Waals surface area contributed by atoms with Crippen molar-refractivity contribution in [2.75, 3.05) is 14.2 Å². The zero-order valence-electron chi connectivity index (χ0n) is 15.7. The Hall–Kier alpha value is -3.88. The predicted molar refractivity (Wildman–Crippen MR) is 116 cm³/mol. The lowest BCUT2D eigenvalue weighted by Crippen LogP contribution is -1.95. The predicted octanol–water partition coefficient (Wildman–Crippen LogP) is 5.64. The Morgan fingerprint density at radius 2 is 1.00 bits per heavy atom. The highest BCUT2D eigenvalue weighted by Gasteiger charge is 2.18. The van der Waals surface area contributed by atoms with Crippen molar-refractivity contribution in [1.82, 2.24) is 0 Å². The molecule has 4 rings (SSSR count). The van der Waals surface area contributed by atoms with Gasteiger partial charge in [-0.15, -0.1) is 12.8 Å². The lowest BCUT2D eigenvalue weighted by molar-refractivity contribution is 0.411. The molecule has 0 radical (unpaired) electrons. The van der Waals surface area contributed by atoms with Crippen LogP contribution in [0.3, 0.4) is 0 Å². The Morgan fingerprint density at radius 3 is 1.36 bits per heavy atom. The lowest BCUT2D eigenvalue weighted by atomic mass is 9.91. The molecular formula is C26H18O2. The van der Waals surface area contributed by atoms with Gasteiger partial charge in [0.1, 0.15) is 11.5 Å². The summed E-state index contributed by atoms with van der Waals surface area (Å²) < 4.78 is 11.5. The Kier molecular flexibility index (Phi) is 4.40. The minimum absolute atomic E-state index is 0.749. The maximum absolute atomic E-state index is 5.74. The summed E-state index contributed by atoms with van der Waals surface area (Å²) >= 11 is 0. The molecule has 134 valence electrons. The lowest BCUT2D eigenvalue weighted by Gasteiger charge is -2.18. The molecule has 0 saturated heterocycles. The monoisotopic (exact) mass is 362 g/mol. The SMILES string of the molecule is C#Cc1ccc2ccc(OC)c(-c3c(OC)ccc4ccc(C#C)cc34)c2c1. The molecule has 4 aromatic rings. The van der Waals surface area contributed by atoms with Crippen molar-refractivity contribution in [3.8, 4) is 47.3 Å². The van der Waals surface area contributed by atoms with Crippen LogP contribution in [-0.2, 0) is 0 Å². The third-order valence-electron chi connectivity index (χ3n) is 4.99. The smallest absolute Gasteiger partial charge is 0.127 e. The first-order chi connectivity index (χ1) is 13.7. The summed E-state index contributed by atoms with van der Waals surface area (Å²) in [5.74, 6) is 6.94. The van der Waals surface area contributed by atoms with Gasteiger partial charge in [0, 0.05) is 22.3 Å². The van der Waals surface area contributed by atoms with E-state index in [1.54, 1.807) is 14.2 Å². The van der Waals surface area contributed by atoms with Gasteiger partial charge < -0.3 is 9.47 Å². The summed E-state index contributed by atoms with van der Waals surface area (Å²) in [5.41, 5.74) is 3.50. The summed E-state index contributed by atoms with van der Waals surface area (Å²) in [6, 6.07) is 19.9. The molecule has 4 aromatic carbocycles. The van der Waals surface area contributed by atoms with Crippen molar-refractivity contribution in [2.24, 2.45) is 0 Å². The van der Waals surface area contributed by atoms with E-state index >= 15 is 0 Å². The second-order valence-corrected chi connectivity index (χ2v) is 6.45. The fourth-order valence-corrected chi connectivity index (χ4v) is 3.63. The molecule has 2 nitrogen and oxygen atoms in total. The van der Waals surface area contributed by atoms with Crippen LogP contribution in [0.1, 0.15) is 11.1 Å². The Balaban J connectivity index is 2.23. The van der Waals surface area contributed by atoms with Crippen LogP contribution in [0.2, 0.25) is 0 Å². The topological polar surface area (TPSA) is 18.5 Å². The average Bonchev–Trinajstić information content (AvgIpc) is 2.76. The first-order valence-corrected chi connectivity index (χ1v) is 8.85. The maximum atomic E-state index is 5.74. The number of terminal acetylenes is 2. The van der Waals surface area contributed by atoms with Crippen molar-refractivity contribution in [2.45, 2.75) is 0 Å². The van der Waals surface area contributed by atoms with Crippen molar-refractivity contribution < 1.29 is 9.47 Å². The molecule has 0 aromatic heterocycles. The standard InChI is InChI=1S/C26H18O2/c1-5-17-7-9-19-11-13-23(27-3)25(21(19)15-17)26-22-16-18(6-2)8-10-20(22)12-14-24(26)28-4/h1-2,7-16H,3-4H3. The van der Waals surface area contributed by atoms with E-state index in [0.29, 0.717) is 0 Å². The van der Waals surface area contributed by atoms with E-state index in [4.69, 9.17) is 22.3 Å². The molecule has 0 aliphatic rings. The summed E-state index contributed by atoms with van der Waals surface area (Å²) in [5, 5.41) is 4.15. The van der Waals surface area contributed by atoms with Gasteiger partial charge in [0.05, 0.1) is 14.2 Å². The van der Waals surface area contributed by atoms with Crippen LogP contribution < -0.4 is 9.47 Å². The van der Waals surface area contributed by atoms with Crippen molar-refractivity contribution in [1.29, 1.82) is 0 Å². The minimum Gasteiger partial charge on any atom is -0.496 e. The second-order valence-electron chi connectivity index (χ2n) is 6.45. The Labute approximate surface area is 164 Å². The zero-order chi connectivity index (χ0) is 19.7. The first-order valence-electron chi connectivity index (χ1n) is 8.85. The molecule has 0 unspecified atom stereocenters.